The predicted molar refractivity (Wildman–Crippen MR) is 99.5 cm³/mol. The van der Waals surface area contributed by atoms with Crippen molar-refractivity contribution in [3.63, 3.8) is 0 Å². The summed E-state index contributed by atoms with van der Waals surface area (Å²) in [6.07, 6.45) is 4.84. The fraction of sp³-hybridized carbons (Fsp3) is 0.600. The average molecular weight is 346 g/mol. The van der Waals surface area contributed by atoms with E-state index in [1.54, 1.807) is 0 Å². The Morgan fingerprint density at radius 3 is 2.24 bits per heavy atom. The van der Waals surface area contributed by atoms with Gasteiger partial charge in [-0.2, -0.15) is 0 Å². The van der Waals surface area contributed by atoms with E-state index < -0.39 is 0 Å². The van der Waals surface area contributed by atoms with Crippen LogP contribution in [0.3, 0.4) is 0 Å². The Bertz CT molecular complexity index is 613. The van der Waals surface area contributed by atoms with Gasteiger partial charge in [-0.1, -0.05) is 18.2 Å². The van der Waals surface area contributed by atoms with Gasteiger partial charge in [-0.05, 0) is 63.1 Å². The van der Waals surface area contributed by atoms with Gasteiger partial charge in [-0.15, -0.1) is 0 Å². The monoisotopic (exact) mass is 346 g/mol. The third kappa shape index (κ3) is 6.16. The molecule has 0 bridgehead atoms. The van der Waals surface area contributed by atoms with Crippen LogP contribution in [0.4, 0.5) is 0 Å². The van der Waals surface area contributed by atoms with Crippen LogP contribution in [0.5, 0.6) is 0 Å². The first-order chi connectivity index (χ1) is 11.8. The molecule has 3 N–H and O–H groups in total. The number of benzene rings is 1. The Hall–Kier alpha value is -1.88. The van der Waals surface area contributed by atoms with Crippen molar-refractivity contribution >= 4 is 11.8 Å². The number of amides is 2. The quantitative estimate of drug-likeness (QED) is 0.683. The third-order valence-electron chi connectivity index (χ3n) is 4.62. The summed E-state index contributed by atoms with van der Waals surface area (Å²) >= 11 is 0. The van der Waals surface area contributed by atoms with Gasteiger partial charge >= 0.3 is 0 Å². The maximum atomic E-state index is 12.3. The van der Waals surface area contributed by atoms with Crippen LogP contribution in [0.25, 0.3) is 0 Å². The van der Waals surface area contributed by atoms with E-state index in [9.17, 15) is 9.59 Å². The Kier molecular flexibility index (Phi) is 7.00. The highest BCUT2D eigenvalue weighted by atomic mass is 16.2. The van der Waals surface area contributed by atoms with Crippen LogP contribution in [0, 0.1) is 0 Å². The highest BCUT2D eigenvalue weighted by Crippen LogP contribution is 2.24. The number of quaternary nitrogens is 1. The van der Waals surface area contributed by atoms with Gasteiger partial charge in [0, 0.05) is 6.04 Å². The summed E-state index contributed by atoms with van der Waals surface area (Å²) in [7, 11) is 1.86. The number of aryl methyl sites for hydroxylation is 2. The molecule has 0 heterocycles. The van der Waals surface area contributed by atoms with E-state index in [0.717, 1.165) is 16.9 Å². The summed E-state index contributed by atoms with van der Waals surface area (Å²) in [5, 5.41) is 5.91. The standard InChI is InChI=1S/C20H31N3O2/c1-14(2)21-19(24)12-23(4)13-20(25)22-15(3)17-10-9-16-7-5-6-8-18(16)11-17/h9-11,14-15H,5-8,12-13H2,1-4H3,(H,21,24)(H,22,25)/p+1/t15-/m1/s1. The molecule has 0 aliphatic heterocycles. The van der Waals surface area contributed by atoms with E-state index in [-0.39, 0.29) is 23.9 Å². The first-order valence-corrected chi connectivity index (χ1v) is 9.37. The first kappa shape index (κ1) is 19.4. The number of hydrogen-bond acceptors (Lipinski definition) is 2. The van der Waals surface area contributed by atoms with Gasteiger partial charge < -0.3 is 15.5 Å². The molecule has 0 aromatic heterocycles. The molecule has 5 heteroatoms. The fourth-order valence-corrected chi connectivity index (χ4v) is 3.38. The van der Waals surface area contributed by atoms with Crippen LogP contribution in [0.15, 0.2) is 18.2 Å². The molecule has 1 unspecified atom stereocenters. The molecule has 0 saturated heterocycles. The molecule has 1 aliphatic rings. The van der Waals surface area contributed by atoms with Crippen molar-refractivity contribution in [2.24, 2.45) is 0 Å². The van der Waals surface area contributed by atoms with Crippen molar-refractivity contribution in [2.45, 2.75) is 58.5 Å². The topological polar surface area (TPSA) is 62.6 Å². The van der Waals surface area contributed by atoms with Crippen LogP contribution in [-0.2, 0) is 22.4 Å². The van der Waals surface area contributed by atoms with E-state index in [1.807, 2.05) is 27.8 Å². The Balaban J connectivity index is 1.84. The van der Waals surface area contributed by atoms with Crippen molar-refractivity contribution in [3.05, 3.63) is 34.9 Å². The number of nitrogens with one attached hydrogen (secondary N) is 3. The summed E-state index contributed by atoms with van der Waals surface area (Å²) in [6, 6.07) is 6.68. The van der Waals surface area contributed by atoms with Gasteiger partial charge in [0.25, 0.3) is 11.8 Å². The summed E-state index contributed by atoms with van der Waals surface area (Å²) in [6.45, 7) is 6.48. The number of fused-ring (bicyclic) bond motifs is 1. The minimum Gasteiger partial charge on any atom is -0.349 e. The lowest BCUT2D eigenvalue weighted by Gasteiger charge is -2.21. The first-order valence-electron chi connectivity index (χ1n) is 9.37. The van der Waals surface area contributed by atoms with Crippen molar-refractivity contribution < 1.29 is 14.5 Å². The lowest BCUT2D eigenvalue weighted by molar-refractivity contribution is -0.862. The van der Waals surface area contributed by atoms with E-state index >= 15 is 0 Å². The van der Waals surface area contributed by atoms with Gasteiger partial charge in [0.2, 0.25) is 0 Å². The fourth-order valence-electron chi connectivity index (χ4n) is 3.38. The predicted octanol–water partition coefficient (Wildman–Crippen LogP) is 0.782. The van der Waals surface area contributed by atoms with Gasteiger partial charge in [0.05, 0.1) is 13.1 Å². The zero-order chi connectivity index (χ0) is 18.4. The number of rotatable bonds is 7. The molecular formula is C20H32N3O2+. The Morgan fingerprint density at radius 1 is 1.00 bits per heavy atom. The van der Waals surface area contributed by atoms with Crippen LogP contribution >= 0.6 is 0 Å². The third-order valence-corrected chi connectivity index (χ3v) is 4.62. The zero-order valence-corrected chi connectivity index (χ0v) is 15.9. The molecule has 25 heavy (non-hydrogen) atoms. The molecule has 1 aliphatic carbocycles. The smallest absolute Gasteiger partial charge is 0.275 e. The van der Waals surface area contributed by atoms with Crippen LogP contribution in [0.1, 0.15) is 56.3 Å². The molecule has 2 rings (SSSR count). The number of likely N-dealkylation sites (N-methyl/N-ethyl adjacent to an activating group) is 1. The molecule has 0 saturated carbocycles. The molecule has 1 aromatic carbocycles. The van der Waals surface area contributed by atoms with Crippen molar-refractivity contribution in [1.82, 2.24) is 10.6 Å². The summed E-state index contributed by atoms with van der Waals surface area (Å²) in [4.78, 5) is 24.9. The lowest BCUT2D eigenvalue weighted by atomic mass is 9.89. The van der Waals surface area contributed by atoms with E-state index in [4.69, 9.17) is 0 Å². The Labute approximate surface area is 151 Å². The molecule has 1 aromatic rings. The molecule has 2 amide bonds. The van der Waals surface area contributed by atoms with Gasteiger partial charge in [-0.25, -0.2) is 0 Å². The van der Waals surface area contributed by atoms with Gasteiger partial charge in [-0.3, -0.25) is 9.59 Å². The number of hydrogen-bond donors (Lipinski definition) is 3. The molecule has 0 spiro atoms. The highest BCUT2D eigenvalue weighted by Gasteiger charge is 2.18. The number of carbonyl (C=O) groups excluding carboxylic acids is 2. The summed E-state index contributed by atoms with van der Waals surface area (Å²) in [5.41, 5.74) is 4.04. The second-order valence-electron chi connectivity index (χ2n) is 7.56. The molecule has 2 atom stereocenters. The van der Waals surface area contributed by atoms with Gasteiger partial charge in [0.15, 0.2) is 13.1 Å². The molecular weight excluding hydrogens is 314 g/mol. The van der Waals surface area contributed by atoms with E-state index in [0.29, 0.717) is 13.1 Å². The van der Waals surface area contributed by atoms with Crippen molar-refractivity contribution in [3.8, 4) is 0 Å². The van der Waals surface area contributed by atoms with E-state index in [1.165, 1.54) is 30.4 Å². The summed E-state index contributed by atoms with van der Waals surface area (Å²) in [5.74, 6) is -0.0527. The van der Waals surface area contributed by atoms with Crippen LogP contribution in [-0.4, -0.2) is 38.0 Å². The van der Waals surface area contributed by atoms with Crippen molar-refractivity contribution in [2.75, 3.05) is 20.1 Å². The molecule has 5 nitrogen and oxygen atoms in total. The Morgan fingerprint density at radius 2 is 1.60 bits per heavy atom. The lowest BCUT2D eigenvalue weighted by Crippen LogP contribution is -3.11. The van der Waals surface area contributed by atoms with Crippen LogP contribution < -0.4 is 15.5 Å². The minimum atomic E-state index is -0.0277. The van der Waals surface area contributed by atoms with Crippen molar-refractivity contribution in [1.29, 1.82) is 0 Å². The zero-order valence-electron chi connectivity index (χ0n) is 15.9. The molecule has 0 radical (unpaired) electrons. The number of carbonyl (C=O) groups is 2. The van der Waals surface area contributed by atoms with Gasteiger partial charge in [0.1, 0.15) is 0 Å². The summed E-state index contributed by atoms with van der Waals surface area (Å²) < 4.78 is 0. The molecule has 0 fully saturated rings. The largest absolute Gasteiger partial charge is 0.349 e. The van der Waals surface area contributed by atoms with E-state index in [2.05, 4.69) is 28.8 Å². The second kappa shape index (κ2) is 8.99. The molecule has 138 valence electrons. The second-order valence-corrected chi connectivity index (χ2v) is 7.56. The average Bonchev–Trinajstić information content (AvgIpc) is 2.52. The van der Waals surface area contributed by atoms with Crippen LogP contribution in [0.2, 0.25) is 0 Å². The minimum absolute atomic E-state index is 0.0167. The maximum absolute atomic E-state index is 12.3. The highest BCUT2D eigenvalue weighted by molar-refractivity contribution is 5.79. The normalized spacial score (nSPS) is 16.0. The maximum Gasteiger partial charge on any atom is 0.275 e. The SMILES string of the molecule is CC(C)NC(=O)C[NH+](C)CC(=O)N[C@H](C)c1ccc2c(c1)CCCC2.